The van der Waals surface area contributed by atoms with E-state index >= 15 is 0 Å². The fourth-order valence-corrected chi connectivity index (χ4v) is 2.35. The predicted molar refractivity (Wildman–Crippen MR) is 81.4 cm³/mol. The second-order valence-electron chi connectivity index (χ2n) is 4.10. The van der Waals surface area contributed by atoms with Gasteiger partial charge in [0.2, 0.25) is 5.89 Å². The zero-order valence-electron chi connectivity index (χ0n) is 10.3. The average molecular weight is 354 g/mol. The standard InChI is InChI=1S/C13H10BrClN4O/c14-9-6-8-2-1-3-10(12(8)16-7-9)17-13-19-18-11(20-13)4-5-15/h1-3,6-7H,4-5H2,(H,17,19). The van der Waals surface area contributed by atoms with Crippen LogP contribution in [0.25, 0.3) is 10.9 Å². The third-order valence-electron chi connectivity index (χ3n) is 2.69. The fourth-order valence-electron chi connectivity index (χ4n) is 1.84. The lowest BCUT2D eigenvalue weighted by atomic mass is 10.2. The summed E-state index contributed by atoms with van der Waals surface area (Å²) in [5.41, 5.74) is 1.66. The SMILES string of the molecule is ClCCc1nnc(Nc2cccc3cc(Br)cnc23)o1. The largest absolute Gasteiger partial charge is 0.408 e. The highest BCUT2D eigenvalue weighted by molar-refractivity contribution is 9.10. The highest BCUT2D eigenvalue weighted by Crippen LogP contribution is 2.26. The molecule has 1 aromatic carbocycles. The summed E-state index contributed by atoms with van der Waals surface area (Å²) in [6.45, 7) is 0. The van der Waals surface area contributed by atoms with E-state index in [0.29, 0.717) is 24.2 Å². The van der Waals surface area contributed by atoms with Crippen molar-refractivity contribution in [3.8, 4) is 0 Å². The fraction of sp³-hybridized carbons (Fsp3) is 0.154. The lowest BCUT2D eigenvalue weighted by molar-refractivity contribution is 0.516. The molecular formula is C13H10BrClN4O. The van der Waals surface area contributed by atoms with Crippen molar-refractivity contribution in [1.82, 2.24) is 15.2 Å². The Hall–Kier alpha value is -1.66. The van der Waals surface area contributed by atoms with Crippen molar-refractivity contribution >= 4 is 50.1 Å². The second-order valence-corrected chi connectivity index (χ2v) is 5.39. The van der Waals surface area contributed by atoms with E-state index in [4.69, 9.17) is 16.0 Å². The molecular weight excluding hydrogens is 344 g/mol. The van der Waals surface area contributed by atoms with Crippen LogP contribution >= 0.6 is 27.5 Å². The molecule has 0 amide bonds. The van der Waals surface area contributed by atoms with Gasteiger partial charge in [0.1, 0.15) is 0 Å². The van der Waals surface area contributed by atoms with Crippen LogP contribution in [0.1, 0.15) is 5.89 Å². The van der Waals surface area contributed by atoms with Crippen molar-refractivity contribution in [3.63, 3.8) is 0 Å². The number of aryl methyl sites for hydroxylation is 1. The van der Waals surface area contributed by atoms with Crippen LogP contribution in [0, 0.1) is 0 Å². The third kappa shape index (κ3) is 2.76. The Balaban J connectivity index is 1.93. The number of para-hydroxylation sites is 1. The molecule has 20 heavy (non-hydrogen) atoms. The zero-order chi connectivity index (χ0) is 13.9. The average Bonchev–Trinajstić information content (AvgIpc) is 2.86. The van der Waals surface area contributed by atoms with Crippen molar-refractivity contribution in [2.75, 3.05) is 11.2 Å². The molecule has 2 heterocycles. The summed E-state index contributed by atoms with van der Waals surface area (Å²) in [5.74, 6) is 0.962. The maximum absolute atomic E-state index is 5.64. The topological polar surface area (TPSA) is 63.8 Å². The molecule has 0 aliphatic rings. The van der Waals surface area contributed by atoms with Crippen LogP contribution in [0.15, 0.2) is 39.4 Å². The van der Waals surface area contributed by atoms with Gasteiger partial charge in [-0.25, -0.2) is 0 Å². The van der Waals surface area contributed by atoms with Gasteiger partial charge < -0.3 is 9.73 Å². The first kappa shape index (κ1) is 13.3. The molecule has 0 atom stereocenters. The highest BCUT2D eigenvalue weighted by Gasteiger charge is 2.08. The van der Waals surface area contributed by atoms with Gasteiger partial charge in [-0.1, -0.05) is 17.2 Å². The summed E-state index contributed by atoms with van der Waals surface area (Å²) in [7, 11) is 0. The number of nitrogens with one attached hydrogen (secondary N) is 1. The van der Waals surface area contributed by atoms with Gasteiger partial charge in [-0.15, -0.1) is 16.7 Å². The van der Waals surface area contributed by atoms with Gasteiger partial charge in [-0.05, 0) is 28.1 Å². The van der Waals surface area contributed by atoms with Crippen LogP contribution in [0.2, 0.25) is 0 Å². The number of alkyl halides is 1. The number of pyridine rings is 1. The van der Waals surface area contributed by atoms with Gasteiger partial charge in [-0.2, -0.15) is 0 Å². The van der Waals surface area contributed by atoms with Gasteiger partial charge in [0.15, 0.2) is 0 Å². The number of benzene rings is 1. The molecule has 3 rings (SSSR count). The van der Waals surface area contributed by atoms with Crippen LogP contribution in [0.3, 0.4) is 0 Å². The summed E-state index contributed by atoms with van der Waals surface area (Å²) in [4.78, 5) is 4.40. The summed E-state index contributed by atoms with van der Waals surface area (Å²) < 4.78 is 6.38. The van der Waals surface area contributed by atoms with E-state index in [0.717, 1.165) is 21.1 Å². The van der Waals surface area contributed by atoms with Gasteiger partial charge in [-0.3, -0.25) is 4.98 Å². The molecule has 0 radical (unpaired) electrons. The maximum atomic E-state index is 5.64. The molecule has 1 N–H and O–H groups in total. The molecule has 2 aromatic heterocycles. The Morgan fingerprint density at radius 2 is 2.20 bits per heavy atom. The monoisotopic (exact) mass is 352 g/mol. The molecule has 0 saturated heterocycles. The van der Waals surface area contributed by atoms with Gasteiger partial charge in [0.25, 0.3) is 0 Å². The van der Waals surface area contributed by atoms with Crippen LogP contribution in [0.4, 0.5) is 11.7 Å². The Morgan fingerprint density at radius 3 is 3.05 bits per heavy atom. The molecule has 0 saturated carbocycles. The molecule has 0 aliphatic carbocycles. The third-order valence-corrected chi connectivity index (χ3v) is 3.32. The summed E-state index contributed by atoms with van der Waals surface area (Å²) in [6, 6.07) is 8.18. The van der Waals surface area contributed by atoms with Gasteiger partial charge in [0.05, 0.1) is 11.2 Å². The van der Waals surface area contributed by atoms with E-state index in [9.17, 15) is 0 Å². The smallest absolute Gasteiger partial charge is 0.320 e. The lowest BCUT2D eigenvalue weighted by Gasteiger charge is -2.05. The van der Waals surface area contributed by atoms with Crippen LogP contribution in [-0.4, -0.2) is 21.1 Å². The van der Waals surface area contributed by atoms with Crippen LogP contribution in [0.5, 0.6) is 0 Å². The van der Waals surface area contributed by atoms with Crippen molar-refractivity contribution in [1.29, 1.82) is 0 Å². The van der Waals surface area contributed by atoms with E-state index in [1.165, 1.54) is 0 Å². The van der Waals surface area contributed by atoms with E-state index < -0.39 is 0 Å². The van der Waals surface area contributed by atoms with Gasteiger partial charge >= 0.3 is 6.01 Å². The quantitative estimate of drug-likeness (QED) is 0.721. The summed E-state index contributed by atoms with van der Waals surface area (Å²) in [6.07, 6.45) is 2.30. The number of anilines is 2. The van der Waals surface area contributed by atoms with Crippen LogP contribution < -0.4 is 5.32 Å². The molecule has 3 aromatic rings. The minimum Gasteiger partial charge on any atom is -0.408 e. The molecule has 0 spiro atoms. The molecule has 7 heteroatoms. The minimum absolute atomic E-state index is 0.335. The minimum atomic E-state index is 0.335. The number of fused-ring (bicyclic) bond motifs is 1. The van der Waals surface area contributed by atoms with Crippen molar-refractivity contribution < 1.29 is 4.42 Å². The number of rotatable bonds is 4. The first-order valence-corrected chi connectivity index (χ1v) is 7.28. The Kier molecular flexibility index (Phi) is 3.84. The maximum Gasteiger partial charge on any atom is 0.320 e. The Bertz CT molecular complexity index is 746. The molecule has 102 valence electrons. The number of aromatic nitrogens is 3. The van der Waals surface area contributed by atoms with Crippen molar-refractivity contribution in [2.45, 2.75) is 6.42 Å². The van der Waals surface area contributed by atoms with E-state index in [1.807, 2.05) is 24.3 Å². The first-order valence-electron chi connectivity index (χ1n) is 5.96. The number of nitrogens with zero attached hydrogens (tertiary/aromatic N) is 3. The molecule has 0 aliphatic heterocycles. The van der Waals surface area contributed by atoms with Gasteiger partial charge in [0, 0.05) is 28.4 Å². The Morgan fingerprint density at radius 1 is 1.30 bits per heavy atom. The van der Waals surface area contributed by atoms with Crippen LogP contribution in [-0.2, 0) is 6.42 Å². The summed E-state index contributed by atoms with van der Waals surface area (Å²) in [5, 5.41) is 11.9. The zero-order valence-corrected chi connectivity index (χ0v) is 12.6. The molecule has 0 fully saturated rings. The molecule has 0 bridgehead atoms. The van der Waals surface area contributed by atoms with Crippen molar-refractivity contribution in [3.05, 3.63) is 40.8 Å². The van der Waals surface area contributed by atoms with E-state index in [2.05, 4.69) is 36.4 Å². The molecule has 0 unspecified atom stereocenters. The highest BCUT2D eigenvalue weighted by atomic mass is 79.9. The first-order chi connectivity index (χ1) is 9.76. The van der Waals surface area contributed by atoms with E-state index in [1.54, 1.807) is 6.20 Å². The second kappa shape index (κ2) is 5.76. The predicted octanol–water partition coefficient (Wildman–Crippen LogP) is 3.91. The number of halogens is 2. The number of hydrogen-bond donors (Lipinski definition) is 1. The van der Waals surface area contributed by atoms with Crippen molar-refractivity contribution in [2.24, 2.45) is 0 Å². The number of hydrogen-bond acceptors (Lipinski definition) is 5. The normalized spacial score (nSPS) is 10.9. The van der Waals surface area contributed by atoms with E-state index in [-0.39, 0.29) is 0 Å². The molecule has 5 nitrogen and oxygen atoms in total. The lowest BCUT2D eigenvalue weighted by Crippen LogP contribution is -1.93. The Labute approximate surface area is 128 Å². The summed E-state index contributed by atoms with van der Waals surface area (Å²) >= 11 is 9.04.